The number of aromatic nitrogens is 2. The van der Waals surface area contributed by atoms with Crippen LogP contribution in [-0.4, -0.2) is 21.0 Å². The Balaban J connectivity index is 1.70. The summed E-state index contributed by atoms with van der Waals surface area (Å²) in [4.78, 5) is 26.8. The number of nitro groups is 1. The van der Waals surface area contributed by atoms with Crippen LogP contribution in [0.5, 0.6) is 0 Å². The fraction of sp³-hybridized carbons (Fsp3) is 0.167. The summed E-state index contributed by atoms with van der Waals surface area (Å²) in [6.45, 7) is 3.25. The largest absolute Gasteiger partial charge is 0.452 e. The third-order valence-corrected chi connectivity index (χ3v) is 3.83. The number of benzene rings is 2. The molecule has 0 unspecified atom stereocenters. The Morgan fingerprint density at radius 2 is 1.92 bits per heavy atom. The molecule has 0 aliphatic heterocycles. The molecule has 0 fully saturated rings. The Morgan fingerprint density at radius 1 is 1.19 bits per heavy atom. The molecular formula is C18H15N3O5. The van der Waals surface area contributed by atoms with E-state index in [-0.39, 0.29) is 29.3 Å². The zero-order valence-electron chi connectivity index (χ0n) is 14.1. The van der Waals surface area contributed by atoms with Gasteiger partial charge in [-0.1, -0.05) is 41.1 Å². The summed E-state index contributed by atoms with van der Waals surface area (Å²) in [7, 11) is 0. The van der Waals surface area contributed by atoms with Crippen molar-refractivity contribution in [1.29, 1.82) is 0 Å². The van der Waals surface area contributed by atoms with Crippen LogP contribution in [0.3, 0.4) is 0 Å². The highest BCUT2D eigenvalue weighted by Crippen LogP contribution is 2.22. The van der Waals surface area contributed by atoms with Crippen molar-refractivity contribution in [3.05, 3.63) is 75.2 Å². The van der Waals surface area contributed by atoms with Gasteiger partial charge in [0.2, 0.25) is 5.82 Å². The van der Waals surface area contributed by atoms with Crippen LogP contribution in [-0.2, 0) is 11.3 Å². The molecule has 132 valence electrons. The summed E-state index contributed by atoms with van der Waals surface area (Å²) in [6, 6.07) is 11.8. The molecule has 3 rings (SSSR count). The molecule has 0 amide bonds. The number of nitrogens with zero attached hydrogens (tertiary/aromatic N) is 3. The van der Waals surface area contributed by atoms with Crippen molar-refractivity contribution < 1.29 is 19.0 Å². The second-order valence-corrected chi connectivity index (χ2v) is 5.66. The lowest BCUT2D eigenvalue weighted by atomic mass is 10.1. The van der Waals surface area contributed by atoms with E-state index in [4.69, 9.17) is 9.26 Å². The Morgan fingerprint density at radius 3 is 2.62 bits per heavy atom. The number of aryl methyl sites for hydroxylation is 1. The van der Waals surface area contributed by atoms with Gasteiger partial charge in [-0.2, -0.15) is 4.98 Å². The standard InChI is InChI=1S/C18H15N3O5/c1-11-6-8-13(9-7-11)17-19-16(26-20-17)10-25-18(22)14-4-3-5-15(12(14)2)21(23)24/h3-9H,10H2,1-2H3. The van der Waals surface area contributed by atoms with Crippen LogP contribution in [0, 0.1) is 24.0 Å². The van der Waals surface area contributed by atoms with Gasteiger partial charge in [0.15, 0.2) is 6.61 Å². The molecule has 0 aliphatic carbocycles. The summed E-state index contributed by atoms with van der Waals surface area (Å²) in [5, 5.41) is 14.8. The van der Waals surface area contributed by atoms with Gasteiger partial charge in [-0.05, 0) is 19.9 Å². The first-order valence-corrected chi connectivity index (χ1v) is 7.76. The molecule has 0 spiro atoms. The minimum absolute atomic E-state index is 0.123. The maximum absolute atomic E-state index is 12.2. The highest BCUT2D eigenvalue weighted by atomic mass is 16.6. The molecule has 0 saturated heterocycles. The van der Waals surface area contributed by atoms with Gasteiger partial charge in [0.25, 0.3) is 11.6 Å². The first-order valence-electron chi connectivity index (χ1n) is 7.76. The predicted molar refractivity (Wildman–Crippen MR) is 91.4 cm³/mol. The molecule has 0 radical (unpaired) electrons. The lowest BCUT2D eigenvalue weighted by molar-refractivity contribution is -0.385. The van der Waals surface area contributed by atoms with Gasteiger partial charge in [-0.3, -0.25) is 10.1 Å². The molecule has 26 heavy (non-hydrogen) atoms. The first kappa shape index (κ1) is 17.3. The van der Waals surface area contributed by atoms with Crippen LogP contribution in [0.2, 0.25) is 0 Å². The van der Waals surface area contributed by atoms with E-state index >= 15 is 0 Å². The number of hydrogen-bond donors (Lipinski definition) is 0. The number of ether oxygens (including phenoxy) is 1. The van der Waals surface area contributed by atoms with Crippen LogP contribution >= 0.6 is 0 Å². The normalized spacial score (nSPS) is 10.5. The quantitative estimate of drug-likeness (QED) is 0.391. The number of nitro benzene ring substituents is 1. The Labute approximate surface area is 148 Å². The summed E-state index contributed by atoms with van der Waals surface area (Å²) >= 11 is 0. The van der Waals surface area contributed by atoms with E-state index in [1.54, 1.807) is 0 Å². The van der Waals surface area contributed by atoms with Crippen molar-refractivity contribution in [2.75, 3.05) is 0 Å². The van der Waals surface area contributed by atoms with Crippen molar-refractivity contribution in [2.45, 2.75) is 20.5 Å². The molecule has 0 aliphatic rings. The highest BCUT2D eigenvalue weighted by molar-refractivity contribution is 5.92. The minimum Gasteiger partial charge on any atom is -0.452 e. The van der Waals surface area contributed by atoms with E-state index < -0.39 is 10.9 Å². The van der Waals surface area contributed by atoms with Crippen LogP contribution in [0.15, 0.2) is 47.0 Å². The van der Waals surface area contributed by atoms with E-state index in [2.05, 4.69) is 10.1 Å². The Hall–Kier alpha value is -3.55. The van der Waals surface area contributed by atoms with Gasteiger partial charge in [-0.15, -0.1) is 0 Å². The van der Waals surface area contributed by atoms with Crippen LogP contribution in [0.1, 0.15) is 27.4 Å². The van der Waals surface area contributed by atoms with Gasteiger partial charge < -0.3 is 9.26 Å². The average molecular weight is 353 g/mol. The van der Waals surface area contributed by atoms with Crippen molar-refractivity contribution in [2.24, 2.45) is 0 Å². The fourth-order valence-electron chi connectivity index (χ4n) is 2.38. The van der Waals surface area contributed by atoms with Gasteiger partial charge in [0.05, 0.1) is 10.5 Å². The van der Waals surface area contributed by atoms with Gasteiger partial charge in [-0.25, -0.2) is 4.79 Å². The zero-order chi connectivity index (χ0) is 18.7. The molecular weight excluding hydrogens is 338 g/mol. The molecule has 1 heterocycles. The Bertz CT molecular complexity index is 963. The van der Waals surface area contributed by atoms with E-state index in [1.807, 2.05) is 31.2 Å². The summed E-state index contributed by atoms with van der Waals surface area (Å²) < 4.78 is 10.2. The molecule has 8 nitrogen and oxygen atoms in total. The van der Waals surface area contributed by atoms with Gasteiger partial charge in [0.1, 0.15) is 0 Å². The van der Waals surface area contributed by atoms with Crippen molar-refractivity contribution in [3.63, 3.8) is 0 Å². The lowest BCUT2D eigenvalue weighted by Gasteiger charge is -2.05. The Kier molecular flexibility index (Phi) is 4.74. The summed E-state index contributed by atoms with van der Waals surface area (Å²) in [5.74, 6) is -0.166. The number of esters is 1. The van der Waals surface area contributed by atoms with Crippen molar-refractivity contribution >= 4 is 11.7 Å². The second kappa shape index (κ2) is 7.14. The monoisotopic (exact) mass is 353 g/mol. The van der Waals surface area contributed by atoms with Gasteiger partial charge in [0, 0.05) is 17.2 Å². The summed E-state index contributed by atoms with van der Waals surface area (Å²) in [6.07, 6.45) is 0. The molecule has 0 atom stereocenters. The molecule has 0 bridgehead atoms. The fourth-order valence-corrected chi connectivity index (χ4v) is 2.38. The number of rotatable bonds is 5. The third-order valence-electron chi connectivity index (χ3n) is 3.83. The molecule has 1 aromatic heterocycles. The highest BCUT2D eigenvalue weighted by Gasteiger charge is 2.20. The van der Waals surface area contributed by atoms with Crippen molar-refractivity contribution in [1.82, 2.24) is 10.1 Å². The van der Waals surface area contributed by atoms with Crippen LogP contribution in [0.25, 0.3) is 11.4 Å². The lowest BCUT2D eigenvalue weighted by Crippen LogP contribution is -2.08. The molecule has 0 N–H and O–H groups in total. The van der Waals surface area contributed by atoms with E-state index in [1.165, 1.54) is 25.1 Å². The molecule has 0 saturated carbocycles. The average Bonchev–Trinajstić information content (AvgIpc) is 3.09. The molecule has 8 heteroatoms. The zero-order valence-corrected chi connectivity index (χ0v) is 14.1. The van der Waals surface area contributed by atoms with Crippen LogP contribution in [0.4, 0.5) is 5.69 Å². The molecule has 2 aromatic carbocycles. The number of carbonyl (C=O) groups excluding carboxylic acids is 1. The van der Waals surface area contributed by atoms with Crippen molar-refractivity contribution in [3.8, 4) is 11.4 Å². The van der Waals surface area contributed by atoms with E-state index in [9.17, 15) is 14.9 Å². The first-order chi connectivity index (χ1) is 12.5. The van der Waals surface area contributed by atoms with Crippen LogP contribution < -0.4 is 0 Å². The smallest absolute Gasteiger partial charge is 0.339 e. The van der Waals surface area contributed by atoms with E-state index in [0.717, 1.165) is 11.1 Å². The SMILES string of the molecule is Cc1ccc(-c2noc(COC(=O)c3cccc([N+](=O)[O-])c3C)n2)cc1. The maximum atomic E-state index is 12.2. The topological polar surface area (TPSA) is 108 Å². The summed E-state index contributed by atoms with van der Waals surface area (Å²) in [5.41, 5.74) is 2.12. The third kappa shape index (κ3) is 3.59. The predicted octanol–water partition coefficient (Wildman–Crippen LogP) is 3.62. The number of hydrogen-bond acceptors (Lipinski definition) is 7. The minimum atomic E-state index is -0.693. The second-order valence-electron chi connectivity index (χ2n) is 5.66. The maximum Gasteiger partial charge on any atom is 0.339 e. The number of carbonyl (C=O) groups is 1. The van der Waals surface area contributed by atoms with E-state index in [0.29, 0.717) is 5.82 Å². The van der Waals surface area contributed by atoms with Gasteiger partial charge >= 0.3 is 5.97 Å². The molecule has 3 aromatic rings.